The van der Waals surface area contributed by atoms with Crippen molar-refractivity contribution in [2.45, 2.75) is 25.8 Å². The Hall–Kier alpha value is -2.86. The molecule has 1 aliphatic heterocycles. The highest BCUT2D eigenvalue weighted by molar-refractivity contribution is 6.32. The number of halogens is 2. The minimum absolute atomic E-state index is 0.0599. The maximum atomic E-state index is 13.1. The number of ether oxygens (including phenoxy) is 1. The highest BCUT2D eigenvalue weighted by Gasteiger charge is 2.27. The van der Waals surface area contributed by atoms with Crippen LogP contribution in [0, 0.1) is 5.82 Å². The molecule has 0 radical (unpaired) electrons. The van der Waals surface area contributed by atoms with E-state index in [2.05, 4.69) is 5.16 Å². The van der Waals surface area contributed by atoms with Crippen LogP contribution in [0.15, 0.2) is 53.1 Å². The van der Waals surface area contributed by atoms with Crippen LogP contribution < -0.4 is 4.74 Å². The zero-order valence-corrected chi connectivity index (χ0v) is 16.5. The molecule has 4 rings (SSSR count). The molecule has 2 aromatic carbocycles. The molecule has 2 heterocycles. The third-order valence-electron chi connectivity index (χ3n) is 4.93. The first-order valence-electron chi connectivity index (χ1n) is 9.50. The van der Waals surface area contributed by atoms with Gasteiger partial charge in [-0.3, -0.25) is 4.79 Å². The van der Waals surface area contributed by atoms with Crippen molar-refractivity contribution >= 4 is 17.5 Å². The van der Waals surface area contributed by atoms with Crippen molar-refractivity contribution in [3.05, 3.63) is 70.6 Å². The Morgan fingerprint density at radius 1 is 1.21 bits per heavy atom. The van der Waals surface area contributed by atoms with Crippen molar-refractivity contribution < 1.29 is 18.4 Å². The van der Waals surface area contributed by atoms with Gasteiger partial charge in [-0.15, -0.1) is 0 Å². The minimum Gasteiger partial charge on any atom is -0.492 e. The number of hydrogen-bond acceptors (Lipinski definition) is 4. The second-order valence-corrected chi connectivity index (χ2v) is 7.30. The summed E-state index contributed by atoms with van der Waals surface area (Å²) in [5.74, 6) is 1.04. The molecule has 5 nitrogen and oxygen atoms in total. The Bertz CT molecular complexity index is 1000. The normalized spacial score (nSPS) is 13.2. The minimum atomic E-state index is -0.294. The Balaban J connectivity index is 1.31. The standard InChI is InChI=1S/C22H20ClFN2O3/c23-18-4-1-2-5-20(18)28-13-3-6-21(27)26-12-11-17-19(14-26)25-29-22(17)15-7-9-16(24)10-8-15/h1-2,4-5,7-10H,3,6,11-14H2. The van der Waals surface area contributed by atoms with Crippen molar-refractivity contribution in [2.24, 2.45) is 0 Å². The second-order valence-electron chi connectivity index (χ2n) is 6.89. The van der Waals surface area contributed by atoms with Crippen LogP contribution in [-0.4, -0.2) is 29.1 Å². The van der Waals surface area contributed by atoms with E-state index >= 15 is 0 Å². The zero-order chi connectivity index (χ0) is 20.2. The maximum Gasteiger partial charge on any atom is 0.223 e. The zero-order valence-electron chi connectivity index (χ0n) is 15.7. The van der Waals surface area contributed by atoms with E-state index in [0.29, 0.717) is 55.5 Å². The summed E-state index contributed by atoms with van der Waals surface area (Å²) in [5.41, 5.74) is 2.54. The highest BCUT2D eigenvalue weighted by Crippen LogP contribution is 2.30. The Morgan fingerprint density at radius 2 is 2.00 bits per heavy atom. The quantitative estimate of drug-likeness (QED) is 0.539. The average molecular weight is 415 g/mol. The van der Waals surface area contributed by atoms with E-state index in [-0.39, 0.29) is 11.7 Å². The SMILES string of the molecule is O=C(CCCOc1ccccc1Cl)N1CCc2c(noc2-c2ccc(F)cc2)C1. The monoisotopic (exact) mass is 414 g/mol. The summed E-state index contributed by atoms with van der Waals surface area (Å²) in [6.45, 7) is 1.45. The smallest absolute Gasteiger partial charge is 0.223 e. The van der Waals surface area contributed by atoms with Crippen LogP contribution in [0.3, 0.4) is 0 Å². The van der Waals surface area contributed by atoms with Gasteiger partial charge >= 0.3 is 0 Å². The lowest BCUT2D eigenvalue weighted by molar-refractivity contribution is -0.132. The molecule has 0 spiro atoms. The van der Waals surface area contributed by atoms with E-state index in [1.165, 1.54) is 12.1 Å². The third-order valence-corrected chi connectivity index (χ3v) is 5.24. The molecule has 29 heavy (non-hydrogen) atoms. The summed E-state index contributed by atoms with van der Waals surface area (Å²) in [7, 11) is 0. The van der Waals surface area contributed by atoms with E-state index in [4.69, 9.17) is 20.9 Å². The van der Waals surface area contributed by atoms with Crippen molar-refractivity contribution in [1.29, 1.82) is 0 Å². The number of fused-ring (bicyclic) bond motifs is 1. The van der Waals surface area contributed by atoms with Crippen molar-refractivity contribution in [1.82, 2.24) is 10.1 Å². The molecule has 150 valence electrons. The molecule has 0 N–H and O–H groups in total. The van der Waals surface area contributed by atoms with Crippen molar-refractivity contribution in [2.75, 3.05) is 13.2 Å². The van der Waals surface area contributed by atoms with Gasteiger partial charge in [0.15, 0.2) is 5.76 Å². The summed E-state index contributed by atoms with van der Waals surface area (Å²) >= 11 is 6.05. The second kappa shape index (κ2) is 8.66. The molecule has 7 heteroatoms. The molecule has 0 saturated heterocycles. The van der Waals surface area contributed by atoms with E-state index in [0.717, 1.165) is 16.8 Å². The molecule has 0 atom stereocenters. The summed E-state index contributed by atoms with van der Waals surface area (Å²) in [4.78, 5) is 14.3. The molecule has 1 aromatic heterocycles. The number of benzene rings is 2. The van der Waals surface area contributed by atoms with Crippen LogP contribution in [0.4, 0.5) is 4.39 Å². The molecule has 0 bridgehead atoms. The van der Waals surface area contributed by atoms with Crippen molar-refractivity contribution in [3.63, 3.8) is 0 Å². The lowest BCUT2D eigenvalue weighted by Crippen LogP contribution is -2.36. The predicted octanol–water partition coefficient (Wildman–Crippen LogP) is 4.88. The maximum absolute atomic E-state index is 13.1. The fraction of sp³-hybridized carbons (Fsp3) is 0.273. The van der Waals surface area contributed by atoms with Crippen molar-refractivity contribution in [3.8, 4) is 17.1 Å². The molecular weight excluding hydrogens is 395 g/mol. The van der Waals surface area contributed by atoms with Crippen LogP contribution in [0.2, 0.25) is 5.02 Å². The summed E-state index contributed by atoms with van der Waals surface area (Å²) in [5, 5.41) is 4.69. The van der Waals surface area contributed by atoms with Gasteiger partial charge in [-0.25, -0.2) is 4.39 Å². The molecule has 3 aromatic rings. The summed E-state index contributed by atoms with van der Waals surface area (Å²) < 4.78 is 24.3. The topological polar surface area (TPSA) is 55.6 Å². The first kappa shape index (κ1) is 19.5. The van der Waals surface area contributed by atoms with Gasteiger partial charge in [0.2, 0.25) is 5.91 Å². The van der Waals surface area contributed by atoms with E-state index in [9.17, 15) is 9.18 Å². The largest absolute Gasteiger partial charge is 0.492 e. The van der Waals surface area contributed by atoms with Crippen LogP contribution in [0.5, 0.6) is 5.75 Å². The Morgan fingerprint density at radius 3 is 2.79 bits per heavy atom. The average Bonchev–Trinajstić information content (AvgIpc) is 3.16. The highest BCUT2D eigenvalue weighted by atomic mass is 35.5. The first-order valence-corrected chi connectivity index (χ1v) is 9.88. The lowest BCUT2D eigenvalue weighted by atomic mass is 10.0. The predicted molar refractivity (Wildman–Crippen MR) is 107 cm³/mol. The molecular formula is C22H20ClFN2O3. The number of nitrogens with zero attached hydrogens (tertiary/aromatic N) is 2. The summed E-state index contributed by atoms with van der Waals surface area (Å²) in [6, 6.07) is 13.4. The number of para-hydroxylation sites is 1. The first-order chi connectivity index (χ1) is 14.1. The number of amides is 1. The van der Waals surface area contributed by atoms with Gasteiger partial charge in [-0.1, -0.05) is 28.9 Å². The van der Waals surface area contributed by atoms with Gasteiger partial charge in [0.05, 0.1) is 18.2 Å². The van der Waals surface area contributed by atoms with Gasteiger partial charge in [0, 0.05) is 24.1 Å². The van der Waals surface area contributed by atoms with Gasteiger partial charge in [0.1, 0.15) is 17.3 Å². The van der Waals surface area contributed by atoms with E-state index in [1.807, 2.05) is 12.1 Å². The van der Waals surface area contributed by atoms with Crippen LogP contribution in [0.1, 0.15) is 24.1 Å². The molecule has 0 unspecified atom stereocenters. The van der Waals surface area contributed by atoms with Crippen LogP contribution in [-0.2, 0) is 17.8 Å². The van der Waals surface area contributed by atoms with Gasteiger partial charge < -0.3 is 14.2 Å². The van der Waals surface area contributed by atoms with E-state index in [1.54, 1.807) is 29.2 Å². The van der Waals surface area contributed by atoms with Gasteiger partial charge in [-0.2, -0.15) is 0 Å². The number of carbonyl (C=O) groups excluding carboxylic acids is 1. The number of aromatic nitrogens is 1. The fourth-order valence-corrected chi connectivity index (χ4v) is 3.59. The lowest BCUT2D eigenvalue weighted by Gasteiger charge is -2.26. The number of hydrogen-bond donors (Lipinski definition) is 0. The van der Waals surface area contributed by atoms with E-state index < -0.39 is 0 Å². The fourth-order valence-electron chi connectivity index (χ4n) is 3.40. The molecule has 0 saturated carbocycles. The molecule has 0 aliphatic carbocycles. The van der Waals surface area contributed by atoms with Gasteiger partial charge in [-0.05, 0) is 49.2 Å². The number of carbonyl (C=O) groups is 1. The number of rotatable bonds is 6. The summed E-state index contributed by atoms with van der Waals surface area (Å²) in [6.07, 6.45) is 1.66. The molecule has 1 amide bonds. The van der Waals surface area contributed by atoms with Gasteiger partial charge in [0.25, 0.3) is 0 Å². The van der Waals surface area contributed by atoms with Crippen LogP contribution in [0.25, 0.3) is 11.3 Å². The molecule has 0 fully saturated rings. The molecule has 1 aliphatic rings. The third kappa shape index (κ3) is 4.43. The van der Waals surface area contributed by atoms with Crippen LogP contribution >= 0.6 is 11.6 Å². The Kier molecular flexibility index (Phi) is 5.81. The Labute approximate surface area is 173 Å².